The van der Waals surface area contributed by atoms with Crippen molar-refractivity contribution in [2.45, 2.75) is 50.2 Å². The van der Waals surface area contributed by atoms with Crippen molar-refractivity contribution in [3.05, 3.63) is 46.6 Å². The molecule has 0 amide bonds. The number of likely N-dealkylation sites (tertiary alicyclic amines) is 1. The van der Waals surface area contributed by atoms with Crippen LogP contribution in [0.2, 0.25) is 5.02 Å². The van der Waals surface area contributed by atoms with Crippen molar-refractivity contribution in [2.75, 3.05) is 25.5 Å². The Kier molecular flexibility index (Phi) is 6.16. The fourth-order valence-electron chi connectivity index (χ4n) is 4.53. The van der Waals surface area contributed by atoms with Gasteiger partial charge in [0.25, 0.3) is 0 Å². The molecule has 3 heterocycles. The minimum absolute atomic E-state index is 0.439. The summed E-state index contributed by atoms with van der Waals surface area (Å²) in [4.78, 5) is 17.4. The third kappa shape index (κ3) is 4.53. The van der Waals surface area contributed by atoms with Crippen LogP contribution in [0.5, 0.6) is 0 Å². The minimum Gasteiger partial charge on any atom is -0.383 e. The maximum absolute atomic E-state index is 11.4. The van der Waals surface area contributed by atoms with Crippen LogP contribution in [0.3, 0.4) is 0 Å². The Morgan fingerprint density at radius 1 is 1.16 bits per heavy atom. The topological polar surface area (TPSA) is 74.2 Å². The van der Waals surface area contributed by atoms with Gasteiger partial charge in [-0.1, -0.05) is 36.6 Å². The summed E-state index contributed by atoms with van der Waals surface area (Å²) in [5, 5.41) is 16.3. The van der Waals surface area contributed by atoms with Crippen molar-refractivity contribution in [3.63, 3.8) is 0 Å². The van der Waals surface area contributed by atoms with Gasteiger partial charge in [-0.25, -0.2) is 15.0 Å². The van der Waals surface area contributed by atoms with Gasteiger partial charge in [0.15, 0.2) is 0 Å². The summed E-state index contributed by atoms with van der Waals surface area (Å²) in [5.74, 6) is 0.652. The zero-order valence-electron chi connectivity index (χ0n) is 18.2. The van der Waals surface area contributed by atoms with Crippen molar-refractivity contribution >= 4 is 28.9 Å². The molecule has 2 aromatic heterocycles. The Morgan fingerprint density at radius 2 is 1.94 bits per heavy atom. The van der Waals surface area contributed by atoms with Crippen molar-refractivity contribution in [3.8, 4) is 21.8 Å². The van der Waals surface area contributed by atoms with Crippen LogP contribution in [0, 0.1) is 0 Å². The molecule has 2 fully saturated rings. The van der Waals surface area contributed by atoms with Crippen LogP contribution < -0.4 is 5.32 Å². The van der Waals surface area contributed by atoms with Gasteiger partial charge in [0, 0.05) is 35.9 Å². The summed E-state index contributed by atoms with van der Waals surface area (Å²) in [6, 6.07) is 10.1. The highest BCUT2D eigenvalue weighted by Crippen LogP contribution is 2.43. The van der Waals surface area contributed by atoms with Crippen LogP contribution in [-0.2, 0) is 5.60 Å². The second-order valence-electron chi connectivity index (χ2n) is 8.93. The molecule has 0 radical (unpaired) electrons. The fourth-order valence-corrected chi connectivity index (χ4v) is 5.93. The van der Waals surface area contributed by atoms with Gasteiger partial charge in [-0.05, 0) is 50.9 Å². The number of rotatable bonds is 5. The quantitative estimate of drug-likeness (QED) is 0.535. The van der Waals surface area contributed by atoms with Crippen molar-refractivity contribution < 1.29 is 5.11 Å². The summed E-state index contributed by atoms with van der Waals surface area (Å²) in [5.41, 5.74) is 1.64. The molecule has 3 aromatic rings. The first kappa shape index (κ1) is 21.8. The van der Waals surface area contributed by atoms with Gasteiger partial charge in [0.05, 0.1) is 16.3 Å². The van der Waals surface area contributed by atoms with E-state index in [4.69, 9.17) is 21.6 Å². The number of hydrogen-bond donors (Lipinski definition) is 2. The Morgan fingerprint density at radius 3 is 2.69 bits per heavy atom. The Bertz CT molecular complexity index is 1090. The average Bonchev–Trinajstić information content (AvgIpc) is 3.47. The van der Waals surface area contributed by atoms with Crippen LogP contribution >= 0.6 is 22.9 Å². The largest absolute Gasteiger partial charge is 0.383 e. The molecule has 0 atom stereocenters. The van der Waals surface area contributed by atoms with Crippen LogP contribution in [0.15, 0.2) is 36.5 Å². The van der Waals surface area contributed by atoms with Gasteiger partial charge >= 0.3 is 0 Å². The van der Waals surface area contributed by atoms with E-state index in [1.807, 2.05) is 30.3 Å². The number of halogens is 1. The van der Waals surface area contributed by atoms with Crippen LogP contribution in [-0.4, -0.2) is 51.1 Å². The highest BCUT2D eigenvalue weighted by atomic mass is 35.5. The number of aliphatic hydroxyl groups is 1. The maximum atomic E-state index is 11.4. The molecule has 0 unspecified atom stereocenters. The molecule has 2 N–H and O–H groups in total. The number of aromatic nitrogens is 3. The van der Waals surface area contributed by atoms with Gasteiger partial charge in [0.1, 0.15) is 10.6 Å². The van der Waals surface area contributed by atoms with E-state index in [2.05, 4.69) is 22.2 Å². The molecule has 1 aliphatic heterocycles. The lowest BCUT2D eigenvalue weighted by Gasteiger charge is -2.34. The molecule has 2 aliphatic rings. The predicted octanol–water partition coefficient (Wildman–Crippen LogP) is 5.19. The molecule has 32 heavy (non-hydrogen) atoms. The molecule has 5 rings (SSSR count). The standard InChI is InChI=1S/C24H28ClN5OS/c1-30-13-10-24(31,11-14-30)22-29-20(16-5-4-6-17(25)15-16)21(32-22)19-9-12-26-23(28-19)27-18-7-2-3-8-18/h4-6,9,12,15,18,31H,2-3,7-8,10-11,13-14H2,1H3,(H,26,27,28). The second kappa shape index (κ2) is 9.06. The van der Waals surface area contributed by atoms with Crippen LogP contribution in [0.1, 0.15) is 43.5 Å². The second-order valence-corrected chi connectivity index (χ2v) is 10.4. The van der Waals surface area contributed by atoms with E-state index in [1.54, 1.807) is 6.20 Å². The first-order valence-electron chi connectivity index (χ1n) is 11.3. The number of thiazole rings is 1. The number of anilines is 1. The number of benzene rings is 1. The van der Waals surface area contributed by atoms with E-state index >= 15 is 0 Å². The van der Waals surface area contributed by atoms with Crippen molar-refractivity contribution in [1.82, 2.24) is 19.9 Å². The third-order valence-electron chi connectivity index (χ3n) is 6.51. The molecule has 1 saturated carbocycles. The van der Waals surface area contributed by atoms with Crippen molar-refractivity contribution in [1.29, 1.82) is 0 Å². The van der Waals surface area contributed by atoms with E-state index in [1.165, 1.54) is 24.2 Å². The van der Waals surface area contributed by atoms with E-state index in [9.17, 15) is 5.11 Å². The zero-order chi connectivity index (χ0) is 22.1. The van der Waals surface area contributed by atoms with E-state index in [-0.39, 0.29) is 0 Å². The van der Waals surface area contributed by atoms with Gasteiger partial charge < -0.3 is 15.3 Å². The highest BCUT2D eigenvalue weighted by molar-refractivity contribution is 7.15. The normalized spacial score (nSPS) is 19.3. The molecule has 0 spiro atoms. The third-order valence-corrected chi connectivity index (χ3v) is 8.02. The van der Waals surface area contributed by atoms with Crippen LogP contribution in [0.4, 0.5) is 5.95 Å². The van der Waals surface area contributed by atoms with Gasteiger partial charge in [-0.15, -0.1) is 11.3 Å². The van der Waals surface area contributed by atoms with Crippen LogP contribution in [0.25, 0.3) is 21.8 Å². The summed E-state index contributed by atoms with van der Waals surface area (Å²) >= 11 is 7.83. The SMILES string of the molecule is CN1CCC(O)(c2nc(-c3cccc(Cl)c3)c(-c3ccnc(NC4CCCC4)n3)s2)CC1. The Balaban J connectivity index is 1.55. The summed E-state index contributed by atoms with van der Waals surface area (Å²) in [7, 11) is 2.09. The zero-order valence-corrected chi connectivity index (χ0v) is 19.8. The molecular weight excluding hydrogens is 442 g/mol. The lowest BCUT2D eigenvalue weighted by atomic mass is 9.92. The first-order valence-corrected chi connectivity index (χ1v) is 12.5. The minimum atomic E-state index is -0.916. The lowest BCUT2D eigenvalue weighted by Crippen LogP contribution is -2.40. The highest BCUT2D eigenvalue weighted by Gasteiger charge is 2.37. The number of nitrogens with one attached hydrogen (secondary N) is 1. The predicted molar refractivity (Wildman–Crippen MR) is 130 cm³/mol. The molecule has 1 aromatic carbocycles. The fraction of sp³-hybridized carbons (Fsp3) is 0.458. The van der Waals surface area contributed by atoms with E-state index in [0.717, 1.165) is 52.8 Å². The maximum Gasteiger partial charge on any atom is 0.223 e. The molecular formula is C24H28ClN5OS. The van der Waals surface area contributed by atoms with Gasteiger partial charge in [-0.2, -0.15) is 0 Å². The number of hydrogen-bond acceptors (Lipinski definition) is 7. The summed E-state index contributed by atoms with van der Waals surface area (Å²) < 4.78 is 0. The molecule has 168 valence electrons. The molecule has 1 aliphatic carbocycles. The monoisotopic (exact) mass is 469 g/mol. The van der Waals surface area contributed by atoms with Gasteiger partial charge in [-0.3, -0.25) is 0 Å². The van der Waals surface area contributed by atoms with E-state index in [0.29, 0.717) is 29.9 Å². The average molecular weight is 470 g/mol. The number of nitrogens with zero attached hydrogens (tertiary/aromatic N) is 4. The summed E-state index contributed by atoms with van der Waals surface area (Å²) in [6.45, 7) is 1.70. The molecule has 1 saturated heterocycles. The smallest absolute Gasteiger partial charge is 0.223 e. The Hall–Kier alpha value is -2.06. The van der Waals surface area contributed by atoms with E-state index < -0.39 is 5.60 Å². The van der Waals surface area contributed by atoms with Crippen molar-refractivity contribution in [2.24, 2.45) is 0 Å². The molecule has 6 nitrogen and oxygen atoms in total. The summed E-state index contributed by atoms with van der Waals surface area (Å²) in [6.07, 6.45) is 7.96. The lowest BCUT2D eigenvalue weighted by molar-refractivity contribution is -0.0203. The number of piperidine rings is 1. The Labute approximate surface area is 197 Å². The molecule has 0 bridgehead atoms. The molecule has 8 heteroatoms. The first-order chi connectivity index (χ1) is 15.5. The van der Waals surface area contributed by atoms with Gasteiger partial charge in [0.2, 0.25) is 5.95 Å².